The molecule has 0 atom stereocenters. The highest BCUT2D eigenvalue weighted by Gasteiger charge is 2.11. The van der Waals surface area contributed by atoms with Gasteiger partial charge in [-0.1, -0.05) is 41.9 Å². The number of fused-ring (bicyclic) bond motifs is 1. The minimum Gasteiger partial charge on any atom is -0.351 e. The maximum atomic E-state index is 13.8. The molecule has 0 aliphatic rings. The van der Waals surface area contributed by atoms with Gasteiger partial charge in [-0.05, 0) is 24.3 Å². The Balaban J connectivity index is 1.65. The molecule has 2 aromatic carbocycles. The van der Waals surface area contributed by atoms with Crippen LogP contribution >= 0.6 is 11.6 Å². The largest absolute Gasteiger partial charge is 0.351 e. The van der Waals surface area contributed by atoms with Crippen LogP contribution in [0.4, 0.5) is 10.3 Å². The van der Waals surface area contributed by atoms with Gasteiger partial charge in [-0.15, -0.1) is 0 Å². The molecule has 0 radical (unpaired) electrons. The molecule has 0 fully saturated rings. The molecule has 2 aromatic heterocycles. The van der Waals surface area contributed by atoms with Gasteiger partial charge in [0.2, 0.25) is 5.95 Å². The van der Waals surface area contributed by atoms with Crippen LogP contribution in [0.2, 0.25) is 5.02 Å². The highest BCUT2D eigenvalue weighted by molar-refractivity contribution is 6.30. The van der Waals surface area contributed by atoms with E-state index >= 15 is 0 Å². The Bertz CT molecular complexity index is 1090. The van der Waals surface area contributed by atoms with E-state index in [1.54, 1.807) is 18.3 Å². The summed E-state index contributed by atoms with van der Waals surface area (Å²) in [6, 6.07) is 16.2. The molecule has 4 nitrogen and oxygen atoms in total. The molecule has 26 heavy (non-hydrogen) atoms. The third-order valence-electron chi connectivity index (χ3n) is 4.28. The zero-order valence-corrected chi connectivity index (χ0v) is 14.8. The van der Waals surface area contributed by atoms with Crippen LogP contribution in [0.1, 0.15) is 5.56 Å². The first-order valence-electron chi connectivity index (χ1n) is 8.17. The van der Waals surface area contributed by atoms with Gasteiger partial charge in [-0.2, -0.15) is 0 Å². The highest BCUT2D eigenvalue weighted by atomic mass is 35.5. The second kappa shape index (κ2) is 6.77. The SMILES string of the molecule is Cn1c(NCc2ccccc2F)nc2cnc(-c3cccc(Cl)c3)cc21. The second-order valence-corrected chi connectivity index (χ2v) is 6.44. The fraction of sp³-hybridized carbons (Fsp3) is 0.100. The number of nitrogens with zero attached hydrogens (tertiary/aromatic N) is 3. The predicted octanol–water partition coefficient (Wildman–Crippen LogP) is 5.04. The minimum absolute atomic E-state index is 0.233. The third kappa shape index (κ3) is 3.13. The standard InChI is InChI=1S/C20H16ClFN4/c1-26-19-10-17(13-6-4-7-15(21)9-13)23-12-18(19)25-20(26)24-11-14-5-2-3-8-16(14)22/h2-10,12H,11H2,1H3,(H,24,25). The van der Waals surface area contributed by atoms with Crippen LogP contribution in [0.3, 0.4) is 0 Å². The maximum Gasteiger partial charge on any atom is 0.203 e. The monoisotopic (exact) mass is 366 g/mol. The molecule has 0 aliphatic carbocycles. The van der Waals surface area contributed by atoms with Crippen LogP contribution < -0.4 is 5.32 Å². The lowest BCUT2D eigenvalue weighted by atomic mass is 10.1. The lowest BCUT2D eigenvalue weighted by molar-refractivity contribution is 0.612. The topological polar surface area (TPSA) is 42.7 Å². The molecule has 4 rings (SSSR count). The molecule has 0 aliphatic heterocycles. The number of aromatic nitrogens is 3. The maximum absolute atomic E-state index is 13.8. The van der Waals surface area contributed by atoms with Crippen LogP contribution in [0, 0.1) is 5.82 Å². The zero-order chi connectivity index (χ0) is 18.1. The minimum atomic E-state index is -0.233. The van der Waals surface area contributed by atoms with Crippen LogP contribution in [-0.2, 0) is 13.6 Å². The fourth-order valence-electron chi connectivity index (χ4n) is 2.88. The molecule has 2 heterocycles. The summed E-state index contributed by atoms with van der Waals surface area (Å²) in [6.45, 7) is 0.360. The van der Waals surface area contributed by atoms with Crippen molar-refractivity contribution >= 4 is 28.6 Å². The molecular formula is C20H16ClFN4. The van der Waals surface area contributed by atoms with E-state index in [1.807, 2.05) is 48.0 Å². The summed E-state index contributed by atoms with van der Waals surface area (Å²) in [7, 11) is 1.92. The summed E-state index contributed by atoms with van der Waals surface area (Å²) >= 11 is 6.07. The summed E-state index contributed by atoms with van der Waals surface area (Å²) < 4.78 is 15.7. The molecule has 0 saturated heterocycles. The quantitative estimate of drug-likeness (QED) is 0.550. The van der Waals surface area contributed by atoms with Gasteiger partial charge in [-0.25, -0.2) is 9.37 Å². The molecule has 4 aromatic rings. The van der Waals surface area contributed by atoms with Gasteiger partial charge < -0.3 is 9.88 Å². The molecule has 6 heteroatoms. The fourth-order valence-corrected chi connectivity index (χ4v) is 3.07. The molecule has 1 N–H and O–H groups in total. The number of halogens is 2. The number of hydrogen-bond acceptors (Lipinski definition) is 3. The van der Waals surface area contributed by atoms with Gasteiger partial charge in [0.15, 0.2) is 0 Å². The Morgan fingerprint density at radius 3 is 2.77 bits per heavy atom. The van der Waals surface area contributed by atoms with Gasteiger partial charge in [0.25, 0.3) is 0 Å². The molecule has 0 spiro atoms. The Kier molecular flexibility index (Phi) is 4.31. The Labute approximate surface area is 155 Å². The lowest BCUT2D eigenvalue weighted by Gasteiger charge is -2.07. The first kappa shape index (κ1) is 16.5. The third-order valence-corrected chi connectivity index (χ3v) is 4.52. The van der Waals surface area contributed by atoms with Crippen LogP contribution in [-0.4, -0.2) is 14.5 Å². The number of benzene rings is 2. The predicted molar refractivity (Wildman–Crippen MR) is 103 cm³/mol. The van der Waals surface area contributed by atoms with E-state index in [0.717, 1.165) is 22.3 Å². The zero-order valence-electron chi connectivity index (χ0n) is 14.1. The van der Waals surface area contributed by atoms with E-state index in [-0.39, 0.29) is 5.82 Å². The molecule has 0 saturated carbocycles. The normalized spacial score (nSPS) is 11.0. The Morgan fingerprint density at radius 1 is 1.12 bits per heavy atom. The van der Waals surface area contributed by atoms with Crippen molar-refractivity contribution in [3.8, 4) is 11.3 Å². The van der Waals surface area contributed by atoms with Crippen LogP contribution in [0.15, 0.2) is 60.8 Å². The lowest BCUT2D eigenvalue weighted by Crippen LogP contribution is -2.06. The van der Waals surface area contributed by atoms with E-state index in [9.17, 15) is 4.39 Å². The molecule has 130 valence electrons. The van der Waals surface area contributed by atoms with Gasteiger partial charge in [0.1, 0.15) is 11.3 Å². The summed E-state index contributed by atoms with van der Waals surface area (Å²) in [6.07, 6.45) is 1.74. The van der Waals surface area contributed by atoms with Crippen LogP contribution in [0.5, 0.6) is 0 Å². The number of nitrogens with one attached hydrogen (secondary N) is 1. The summed E-state index contributed by atoms with van der Waals surface area (Å²) in [5.74, 6) is 0.428. The van der Waals surface area contributed by atoms with Crippen molar-refractivity contribution in [2.24, 2.45) is 7.05 Å². The van der Waals surface area contributed by atoms with Crippen molar-refractivity contribution in [3.05, 3.63) is 77.2 Å². The number of hydrogen-bond donors (Lipinski definition) is 1. The number of imidazole rings is 1. The van der Waals surface area contributed by atoms with E-state index in [2.05, 4.69) is 15.3 Å². The van der Waals surface area contributed by atoms with E-state index in [0.29, 0.717) is 23.1 Å². The van der Waals surface area contributed by atoms with Crippen molar-refractivity contribution in [3.63, 3.8) is 0 Å². The summed E-state index contributed by atoms with van der Waals surface area (Å²) in [5, 5.41) is 3.86. The smallest absolute Gasteiger partial charge is 0.203 e. The Morgan fingerprint density at radius 2 is 1.96 bits per heavy atom. The van der Waals surface area contributed by atoms with E-state index in [1.165, 1.54) is 6.07 Å². The Hall–Kier alpha value is -2.92. The summed E-state index contributed by atoms with van der Waals surface area (Å²) in [4.78, 5) is 9.03. The van der Waals surface area contributed by atoms with Crippen molar-refractivity contribution in [2.45, 2.75) is 6.54 Å². The van der Waals surface area contributed by atoms with Crippen molar-refractivity contribution in [1.29, 1.82) is 0 Å². The molecule has 0 unspecified atom stereocenters. The highest BCUT2D eigenvalue weighted by Crippen LogP contribution is 2.25. The summed E-state index contributed by atoms with van der Waals surface area (Å²) in [5.41, 5.74) is 4.07. The number of anilines is 1. The van der Waals surface area contributed by atoms with Gasteiger partial charge in [0.05, 0.1) is 17.4 Å². The van der Waals surface area contributed by atoms with Gasteiger partial charge >= 0.3 is 0 Å². The number of rotatable bonds is 4. The van der Waals surface area contributed by atoms with Crippen molar-refractivity contribution in [2.75, 3.05) is 5.32 Å². The van der Waals surface area contributed by atoms with Gasteiger partial charge in [0, 0.05) is 29.7 Å². The second-order valence-electron chi connectivity index (χ2n) is 6.01. The first-order valence-corrected chi connectivity index (χ1v) is 8.55. The average Bonchev–Trinajstić information content (AvgIpc) is 2.96. The molecule has 0 amide bonds. The molecular weight excluding hydrogens is 351 g/mol. The number of aryl methyl sites for hydroxylation is 1. The first-order chi connectivity index (χ1) is 12.6. The van der Waals surface area contributed by atoms with Gasteiger partial charge in [-0.3, -0.25) is 4.98 Å². The number of pyridine rings is 1. The van der Waals surface area contributed by atoms with E-state index < -0.39 is 0 Å². The van der Waals surface area contributed by atoms with Crippen molar-refractivity contribution in [1.82, 2.24) is 14.5 Å². The molecule has 0 bridgehead atoms. The van der Waals surface area contributed by atoms with Crippen LogP contribution in [0.25, 0.3) is 22.3 Å². The van der Waals surface area contributed by atoms with Crippen molar-refractivity contribution < 1.29 is 4.39 Å². The average molecular weight is 367 g/mol. The van der Waals surface area contributed by atoms with E-state index in [4.69, 9.17) is 11.6 Å².